The molecule has 0 spiro atoms. The van der Waals surface area contributed by atoms with E-state index in [2.05, 4.69) is 0 Å². The highest BCUT2D eigenvalue weighted by molar-refractivity contribution is 5.72. The van der Waals surface area contributed by atoms with Crippen LogP contribution in [0.4, 0.5) is 0 Å². The minimum absolute atomic E-state index is 0.0295. The fourth-order valence-corrected chi connectivity index (χ4v) is 2.02. The number of ether oxygens (including phenoxy) is 1. The van der Waals surface area contributed by atoms with E-state index in [1.807, 2.05) is 13.8 Å². The summed E-state index contributed by atoms with van der Waals surface area (Å²) in [5.41, 5.74) is 0. The number of carbonyl (C=O) groups excluding carboxylic acids is 1. The lowest BCUT2D eigenvalue weighted by atomic mass is 9.91. The second-order valence-electron chi connectivity index (χ2n) is 4.53. The van der Waals surface area contributed by atoms with Crippen molar-refractivity contribution in [1.82, 2.24) is 0 Å². The van der Waals surface area contributed by atoms with Gasteiger partial charge in [0.15, 0.2) is 0 Å². The predicted octanol–water partition coefficient (Wildman–Crippen LogP) is 3.30. The van der Waals surface area contributed by atoms with E-state index >= 15 is 0 Å². The molecular weight excluding hydrogens is 176 g/mol. The Morgan fingerprint density at radius 2 is 1.57 bits per heavy atom. The Bertz CT molecular complexity index is 167. The van der Waals surface area contributed by atoms with E-state index < -0.39 is 0 Å². The number of carbonyl (C=O) groups is 1. The zero-order valence-electron chi connectivity index (χ0n) is 9.42. The predicted molar refractivity (Wildman–Crippen MR) is 57.0 cm³/mol. The van der Waals surface area contributed by atoms with Crippen molar-refractivity contribution in [2.24, 2.45) is 5.92 Å². The van der Waals surface area contributed by atoms with Crippen LogP contribution in [0.3, 0.4) is 0 Å². The Kier molecular flexibility index (Phi) is 4.99. The van der Waals surface area contributed by atoms with Gasteiger partial charge in [-0.2, -0.15) is 0 Å². The molecule has 0 bridgehead atoms. The highest BCUT2D eigenvalue weighted by Gasteiger charge is 2.21. The number of esters is 1. The van der Waals surface area contributed by atoms with Crippen LogP contribution in [0.25, 0.3) is 0 Å². The smallest absolute Gasteiger partial charge is 0.309 e. The number of hydrogen-bond acceptors (Lipinski definition) is 2. The van der Waals surface area contributed by atoms with Gasteiger partial charge in [0.2, 0.25) is 0 Å². The average Bonchev–Trinajstić information content (AvgIpc) is 2.00. The topological polar surface area (TPSA) is 26.3 Å². The van der Waals surface area contributed by atoms with Gasteiger partial charge in [-0.15, -0.1) is 0 Å². The third-order valence-electron chi connectivity index (χ3n) is 2.79. The monoisotopic (exact) mass is 198 g/mol. The van der Waals surface area contributed by atoms with Crippen LogP contribution in [0.1, 0.15) is 58.8 Å². The third kappa shape index (κ3) is 4.12. The molecule has 0 N–H and O–H groups in total. The molecule has 14 heavy (non-hydrogen) atoms. The van der Waals surface area contributed by atoms with Gasteiger partial charge in [0.25, 0.3) is 0 Å². The van der Waals surface area contributed by atoms with E-state index in [-0.39, 0.29) is 18.0 Å². The molecule has 0 saturated heterocycles. The molecule has 0 aromatic carbocycles. The van der Waals surface area contributed by atoms with Crippen molar-refractivity contribution in [3.63, 3.8) is 0 Å². The first-order valence-electron chi connectivity index (χ1n) is 5.90. The highest BCUT2D eigenvalue weighted by atomic mass is 16.5. The van der Waals surface area contributed by atoms with Gasteiger partial charge in [-0.05, 0) is 26.7 Å². The van der Waals surface area contributed by atoms with Crippen molar-refractivity contribution in [1.29, 1.82) is 0 Å². The van der Waals surface area contributed by atoms with Crippen LogP contribution in [-0.2, 0) is 9.53 Å². The van der Waals surface area contributed by atoms with Crippen molar-refractivity contribution >= 4 is 5.97 Å². The van der Waals surface area contributed by atoms with Gasteiger partial charge in [0, 0.05) is 0 Å². The number of rotatable bonds is 2. The zero-order chi connectivity index (χ0) is 10.4. The van der Waals surface area contributed by atoms with E-state index in [4.69, 9.17) is 4.74 Å². The van der Waals surface area contributed by atoms with E-state index in [0.29, 0.717) is 0 Å². The molecule has 1 fully saturated rings. The van der Waals surface area contributed by atoms with E-state index in [9.17, 15) is 4.79 Å². The summed E-state index contributed by atoms with van der Waals surface area (Å²) in [6.45, 7) is 3.83. The standard InChI is InChI=1S/C12H22O2/c1-10(2)14-12(13)11-8-6-4-3-5-7-9-11/h10-11H,3-9H2,1-2H3. The minimum atomic E-state index is 0.0295. The maximum atomic E-state index is 11.7. The Morgan fingerprint density at radius 1 is 1.07 bits per heavy atom. The summed E-state index contributed by atoms with van der Waals surface area (Å²) in [5, 5.41) is 0. The molecule has 0 unspecified atom stereocenters. The number of hydrogen-bond donors (Lipinski definition) is 0. The van der Waals surface area contributed by atoms with Crippen LogP contribution in [0.5, 0.6) is 0 Å². The first-order valence-corrected chi connectivity index (χ1v) is 5.90. The van der Waals surface area contributed by atoms with Gasteiger partial charge < -0.3 is 4.74 Å². The molecule has 0 aromatic heterocycles. The van der Waals surface area contributed by atoms with Crippen LogP contribution in [0.2, 0.25) is 0 Å². The summed E-state index contributed by atoms with van der Waals surface area (Å²) < 4.78 is 5.25. The van der Waals surface area contributed by atoms with Crippen molar-refractivity contribution in [3.8, 4) is 0 Å². The van der Waals surface area contributed by atoms with Crippen molar-refractivity contribution < 1.29 is 9.53 Å². The lowest BCUT2D eigenvalue weighted by Gasteiger charge is -2.19. The van der Waals surface area contributed by atoms with Gasteiger partial charge in [-0.1, -0.05) is 32.1 Å². The molecule has 0 aromatic rings. The fraction of sp³-hybridized carbons (Fsp3) is 0.917. The van der Waals surface area contributed by atoms with Gasteiger partial charge in [-0.25, -0.2) is 0 Å². The SMILES string of the molecule is CC(C)OC(=O)C1CCCCCCC1. The van der Waals surface area contributed by atoms with Gasteiger partial charge >= 0.3 is 5.97 Å². The molecule has 0 atom stereocenters. The lowest BCUT2D eigenvalue weighted by Crippen LogP contribution is -2.22. The molecule has 2 heteroatoms. The van der Waals surface area contributed by atoms with Crippen LogP contribution < -0.4 is 0 Å². The van der Waals surface area contributed by atoms with Crippen molar-refractivity contribution in [2.75, 3.05) is 0 Å². The second kappa shape index (κ2) is 6.05. The first kappa shape index (κ1) is 11.5. The largest absolute Gasteiger partial charge is 0.463 e. The molecule has 0 amide bonds. The summed E-state index contributed by atoms with van der Waals surface area (Å²) >= 11 is 0. The van der Waals surface area contributed by atoms with Crippen molar-refractivity contribution in [2.45, 2.75) is 64.9 Å². The summed E-state index contributed by atoms with van der Waals surface area (Å²) in [4.78, 5) is 11.7. The van der Waals surface area contributed by atoms with Crippen LogP contribution in [-0.4, -0.2) is 12.1 Å². The molecule has 1 rings (SSSR count). The van der Waals surface area contributed by atoms with Gasteiger partial charge in [0.1, 0.15) is 0 Å². The Balaban J connectivity index is 2.35. The average molecular weight is 198 g/mol. The Hall–Kier alpha value is -0.530. The van der Waals surface area contributed by atoms with Gasteiger partial charge in [-0.3, -0.25) is 4.79 Å². The molecule has 0 heterocycles. The molecule has 0 aliphatic heterocycles. The summed E-state index contributed by atoms with van der Waals surface area (Å²) in [6.07, 6.45) is 8.39. The molecular formula is C12H22O2. The van der Waals surface area contributed by atoms with Crippen LogP contribution >= 0.6 is 0 Å². The maximum absolute atomic E-state index is 11.7. The molecule has 1 aliphatic rings. The normalized spacial score (nSPS) is 20.2. The highest BCUT2D eigenvalue weighted by Crippen LogP contribution is 2.23. The Labute approximate surface area is 87.0 Å². The zero-order valence-corrected chi connectivity index (χ0v) is 9.42. The summed E-state index contributed by atoms with van der Waals surface area (Å²) in [5.74, 6) is 0.208. The first-order chi connectivity index (χ1) is 6.70. The molecule has 82 valence electrons. The quantitative estimate of drug-likeness (QED) is 0.636. The van der Waals surface area contributed by atoms with Crippen LogP contribution in [0.15, 0.2) is 0 Å². The lowest BCUT2D eigenvalue weighted by molar-refractivity contribution is -0.153. The minimum Gasteiger partial charge on any atom is -0.463 e. The fourth-order valence-electron chi connectivity index (χ4n) is 2.02. The summed E-state index contributed by atoms with van der Waals surface area (Å²) in [6, 6.07) is 0. The maximum Gasteiger partial charge on any atom is 0.309 e. The Morgan fingerprint density at radius 3 is 2.07 bits per heavy atom. The molecule has 1 aliphatic carbocycles. The van der Waals surface area contributed by atoms with E-state index in [1.165, 1.54) is 32.1 Å². The second-order valence-corrected chi connectivity index (χ2v) is 4.53. The van der Waals surface area contributed by atoms with Gasteiger partial charge in [0.05, 0.1) is 12.0 Å². The molecule has 0 radical (unpaired) electrons. The van der Waals surface area contributed by atoms with Crippen LogP contribution in [0, 0.1) is 5.92 Å². The van der Waals surface area contributed by atoms with E-state index in [0.717, 1.165) is 12.8 Å². The van der Waals surface area contributed by atoms with Crippen molar-refractivity contribution in [3.05, 3.63) is 0 Å². The third-order valence-corrected chi connectivity index (χ3v) is 2.79. The molecule has 1 saturated carbocycles. The van der Waals surface area contributed by atoms with E-state index in [1.54, 1.807) is 0 Å². The molecule has 2 nitrogen and oxygen atoms in total. The summed E-state index contributed by atoms with van der Waals surface area (Å²) in [7, 11) is 0.